The first-order chi connectivity index (χ1) is 19.7. The van der Waals surface area contributed by atoms with Crippen molar-refractivity contribution in [2.75, 3.05) is 23.7 Å². The second-order valence-corrected chi connectivity index (χ2v) is 12.3. The molecule has 0 unspecified atom stereocenters. The Morgan fingerprint density at radius 3 is 2.35 bits per heavy atom. The largest absolute Gasteiger partial charge is 0.365 e. The molecule has 210 valence electrons. The van der Waals surface area contributed by atoms with Gasteiger partial charge in [-0.25, -0.2) is 4.98 Å². The third kappa shape index (κ3) is 5.52. The number of piperidine rings is 1. The number of nitrogens with one attached hydrogen (secondary N) is 2. The lowest BCUT2D eigenvalue weighted by atomic mass is 9.92. The predicted molar refractivity (Wildman–Crippen MR) is 163 cm³/mol. The van der Waals surface area contributed by atoms with Crippen LogP contribution in [0.25, 0.3) is 21.9 Å². The third-order valence-electron chi connectivity index (χ3n) is 9.39. The summed E-state index contributed by atoms with van der Waals surface area (Å²) in [6, 6.07) is 17.1. The van der Waals surface area contributed by atoms with Crippen LogP contribution in [0.2, 0.25) is 0 Å². The Labute approximate surface area is 236 Å². The minimum absolute atomic E-state index is 0.328. The standard InChI is InChI=1S/C32H42N8/c33-25-11-13-26(14-12-25)36-32-37-30(29-31(38-32)40(21-34-29)28-7-3-4-8-28)35-27-15-17-39(18-16-27)20-22-9-10-23-5-1-2-6-24(23)19-22/h1-2,5-6,9-10,19,21,25-28H,3-4,7-8,11-18,20,33H2,(H2,35,36,37,38). The molecule has 0 radical (unpaired) electrons. The zero-order valence-corrected chi connectivity index (χ0v) is 23.4. The number of likely N-dealkylation sites (tertiary alicyclic amines) is 1. The number of rotatable bonds is 7. The molecule has 0 atom stereocenters. The van der Waals surface area contributed by atoms with Crippen molar-refractivity contribution in [2.45, 2.75) is 94.9 Å². The van der Waals surface area contributed by atoms with Crippen LogP contribution in [0.3, 0.4) is 0 Å². The third-order valence-corrected chi connectivity index (χ3v) is 9.39. The van der Waals surface area contributed by atoms with Gasteiger partial charge >= 0.3 is 0 Å². The molecule has 7 rings (SSSR count). The van der Waals surface area contributed by atoms with E-state index in [1.807, 2.05) is 6.33 Å². The molecule has 1 aliphatic heterocycles. The highest BCUT2D eigenvalue weighted by molar-refractivity contribution is 5.85. The van der Waals surface area contributed by atoms with Gasteiger partial charge in [-0.3, -0.25) is 4.90 Å². The van der Waals surface area contributed by atoms with Crippen LogP contribution in [0.5, 0.6) is 0 Å². The van der Waals surface area contributed by atoms with Gasteiger partial charge in [0.05, 0.1) is 6.33 Å². The highest BCUT2D eigenvalue weighted by atomic mass is 15.2. The Bertz CT molecular complexity index is 1440. The highest BCUT2D eigenvalue weighted by Crippen LogP contribution is 2.34. The summed E-state index contributed by atoms with van der Waals surface area (Å²) in [6.07, 6.45) is 13.4. The molecule has 0 amide bonds. The Morgan fingerprint density at radius 2 is 1.55 bits per heavy atom. The molecule has 8 nitrogen and oxygen atoms in total. The molecule has 2 aromatic carbocycles. The van der Waals surface area contributed by atoms with Crippen LogP contribution < -0.4 is 16.4 Å². The van der Waals surface area contributed by atoms with E-state index in [4.69, 9.17) is 20.7 Å². The van der Waals surface area contributed by atoms with E-state index in [0.29, 0.717) is 24.2 Å². The second-order valence-electron chi connectivity index (χ2n) is 12.3. The smallest absolute Gasteiger partial charge is 0.227 e. The number of nitrogens with two attached hydrogens (primary N) is 1. The molecule has 1 saturated heterocycles. The number of hydrogen-bond acceptors (Lipinski definition) is 7. The molecular weight excluding hydrogens is 496 g/mol. The van der Waals surface area contributed by atoms with Crippen molar-refractivity contribution in [3.63, 3.8) is 0 Å². The molecule has 2 aliphatic carbocycles. The fourth-order valence-electron chi connectivity index (χ4n) is 7.00. The summed E-state index contributed by atoms with van der Waals surface area (Å²) < 4.78 is 2.31. The Balaban J connectivity index is 1.06. The van der Waals surface area contributed by atoms with Crippen LogP contribution in [0.15, 0.2) is 48.8 Å². The molecule has 0 spiro atoms. The minimum atomic E-state index is 0.328. The molecule has 40 heavy (non-hydrogen) atoms. The lowest BCUT2D eigenvalue weighted by Crippen LogP contribution is -2.39. The predicted octanol–water partition coefficient (Wildman–Crippen LogP) is 5.85. The SMILES string of the molecule is NC1CCC(Nc2nc(NC3CCN(Cc4ccc5ccccc5c4)CC3)c3ncn(C4CCCC4)c3n2)CC1. The minimum Gasteiger partial charge on any atom is -0.365 e. The van der Waals surface area contributed by atoms with Crippen molar-refractivity contribution in [1.82, 2.24) is 24.4 Å². The van der Waals surface area contributed by atoms with E-state index in [0.717, 1.165) is 81.1 Å². The number of nitrogens with zero attached hydrogens (tertiary/aromatic N) is 5. The van der Waals surface area contributed by atoms with Gasteiger partial charge in [0.15, 0.2) is 17.0 Å². The van der Waals surface area contributed by atoms with Crippen LogP contribution in [0.1, 0.15) is 75.8 Å². The van der Waals surface area contributed by atoms with Crippen LogP contribution in [-0.4, -0.2) is 55.6 Å². The van der Waals surface area contributed by atoms with Gasteiger partial charge < -0.3 is 20.9 Å². The molecule has 8 heteroatoms. The summed E-state index contributed by atoms with van der Waals surface area (Å²) in [7, 11) is 0. The van der Waals surface area contributed by atoms with E-state index < -0.39 is 0 Å². The summed E-state index contributed by atoms with van der Waals surface area (Å²) in [6.45, 7) is 3.14. The lowest BCUT2D eigenvalue weighted by Gasteiger charge is -2.33. The highest BCUT2D eigenvalue weighted by Gasteiger charge is 2.26. The van der Waals surface area contributed by atoms with E-state index in [9.17, 15) is 0 Å². The summed E-state index contributed by atoms with van der Waals surface area (Å²) in [5, 5.41) is 10.1. The first kappa shape index (κ1) is 25.7. The molecule has 2 saturated carbocycles. The maximum atomic E-state index is 6.16. The van der Waals surface area contributed by atoms with Crippen LogP contribution in [0.4, 0.5) is 11.8 Å². The Kier molecular flexibility index (Phi) is 7.29. The van der Waals surface area contributed by atoms with Gasteiger partial charge in [0.2, 0.25) is 5.95 Å². The number of anilines is 2. The van der Waals surface area contributed by atoms with Gasteiger partial charge in [0.25, 0.3) is 0 Å². The topological polar surface area (TPSA) is 96.9 Å². The number of hydrogen-bond donors (Lipinski definition) is 3. The van der Waals surface area contributed by atoms with Crippen molar-refractivity contribution < 1.29 is 0 Å². The average Bonchev–Trinajstić information content (AvgIpc) is 3.66. The van der Waals surface area contributed by atoms with Crippen LogP contribution in [-0.2, 0) is 6.54 Å². The average molecular weight is 539 g/mol. The summed E-state index contributed by atoms with van der Waals surface area (Å²) in [5.74, 6) is 1.61. The molecular formula is C32H42N8. The molecule has 3 aliphatic rings. The van der Waals surface area contributed by atoms with Gasteiger partial charge in [-0.1, -0.05) is 49.2 Å². The first-order valence-corrected chi connectivity index (χ1v) is 15.4. The van der Waals surface area contributed by atoms with Crippen molar-refractivity contribution in [1.29, 1.82) is 0 Å². The van der Waals surface area contributed by atoms with Gasteiger partial charge in [0.1, 0.15) is 0 Å². The number of benzene rings is 2. The Hall–Kier alpha value is -3.23. The second kappa shape index (κ2) is 11.3. The van der Waals surface area contributed by atoms with Crippen molar-refractivity contribution in [3.8, 4) is 0 Å². The van der Waals surface area contributed by atoms with E-state index >= 15 is 0 Å². The van der Waals surface area contributed by atoms with Crippen molar-refractivity contribution >= 4 is 33.7 Å². The van der Waals surface area contributed by atoms with Gasteiger partial charge in [0, 0.05) is 43.8 Å². The number of fused-ring (bicyclic) bond motifs is 2. The molecule has 4 aromatic rings. The molecule has 3 fully saturated rings. The summed E-state index contributed by atoms with van der Waals surface area (Å²) in [4.78, 5) is 17.5. The molecule has 2 aromatic heterocycles. The summed E-state index contributed by atoms with van der Waals surface area (Å²) >= 11 is 0. The van der Waals surface area contributed by atoms with Crippen LogP contribution in [0, 0.1) is 0 Å². The zero-order valence-electron chi connectivity index (χ0n) is 23.4. The Morgan fingerprint density at radius 1 is 0.800 bits per heavy atom. The number of aromatic nitrogens is 4. The lowest BCUT2D eigenvalue weighted by molar-refractivity contribution is 0.211. The van der Waals surface area contributed by atoms with Gasteiger partial charge in [-0.05, 0) is 73.8 Å². The first-order valence-electron chi connectivity index (χ1n) is 15.4. The fraction of sp³-hybridized carbons (Fsp3) is 0.531. The van der Waals surface area contributed by atoms with Crippen LogP contribution >= 0.6 is 0 Å². The quantitative estimate of drug-likeness (QED) is 0.271. The monoisotopic (exact) mass is 538 g/mol. The van der Waals surface area contributed by atoms with E-state index in [1.54, 1.807) is 0 Å². The van der Waals surface area contributed by atoms with Gasteiger partial charge in [-0.2, -0.15) is 9.97 Å². The summed E-state index contributed by atoms with van der Waals surface area (Å²) in [5.41, 5.74) is 9.42. The van der Waals surface area contributed by atoms with E-state index in [1.165, 1.54) is 42.0 Å². The fourth-order valence-corrected chi connectivity index (χ4v) is 7.00. The van der Waals surface area contributed by atoms with Gasteiger partial charge in [-0.15, -0.1) is 0 Å². The van der Waals surface area contributed by atoms with Crippen molar-refractivity contribution in [3.05, 3.63) is 54.4 Å². The number of imidazole rings is 1. The maximum Gasteiger partial charge on any atom is 0.227 e. The zero-order chi connectivity index (χ0) is 26.9. The molecule has 0 bridgehead atoms. The van der Waals surface area contributed by atoms with E-state index in [-0.39, 0.29) is 0 Å². The molecule has 3 heterocycles. The maximum absolute atomic E-state index is 6.16. The van der Waals surface area contributed by atoms with E-state index in [2.05, 4.69) is 62.6 Å². The van der Waals surface area contributed by atoms with Crippen molar-refractivity contribution in [2.24, 2.45) is 5.73 Å². The molecule has 4 N–H and O–H groups in total. The normalized spacial score (nSPS) is 23.2.